The summed E-state index contributed by atoms with van der Waals surface area (Å²) in [6.45, 7) is 0. The van der Waals surface area contributed by atoms with Gasteiger partial charge in [0.05, 0.1) is 5.41 Å². The van der Waals surface area contributed by atoms with Crippen molar-refractivity contribution in [2.45, 2.75) is 24.7 Å². The molecule has 2 heterocycles. The molecule has 0 bridgehead atoms. The highest BCUT2D eigenvalue weighted by Crippen LogP contribution is 2.48. The molecule has 4 nitrogen and oxygen atoms in total. The van der Waals surface area contributed by atoms with Crippen LogP contribution in [-0.4, -0.2) is 15.2 Å². The standard InChI is InChI=1S/C16H14N2O2S/c19-12-7-10-21-13(12)14-17-15(18-20-14)16(8-4-9-16)11-5-2-1-3-6-11/h1-3,5-7,10,19H,4,8-9H2. The molecule has 1 aromatic carbocycles. The molecule has 0 atom stereocenters. The predicted octanol–water partition coefficient (Wildman–Crippen LogP) is 3.97. The third kappa shape index (κ3) is 1.88. The second-order valence-electron chi connectivity index (χ2n) is 5.36. The Kier molecular flexibility index (Phi) is 2.82. The number of aromatic hydroxyl groups is 1. The van der Waals surface area contributed by atoms with Gasteiger partial charge in [-0.05, 0) is 29.9 Å². The van der Waals surface area contributed by atoms with Crippen molar-refractivity contribution in [3.8, 4) is 16.5 Å². The first-order chi connectivity index (χ1) is 10.3. The summed E-state index contributed by atoms with van der Waals surface area (Å²) in [7, 11) is 0. The fraction of sp³-hybridized carbons (Fsp3) is 0.250. The van der Waals surface area contributed by atoms with Gasteiger partial charge in [0.25, 0.3) is 5.89 Å². The summed E-state index contributed by atoms with van der Waals surface area (Å²) in [5, 5.41) is 15.8. The van der Waals surface area contributed by atoms with Gasteiger partial charge < -0.3 is 9.63 Å². The lowest BCUT2D eigenvalue weighted by atomic mass is 9.64. The van der Waals surface area contributed by atoms with Gasteiger partial charge >= 0.3 is 0 Å². The second-order valence-corrected chi connectivity index (χ2v) is 6.28. The number of hydrogen-bond acceptors (Lipinski definition) is 5. The van der Waals surface area contributed by atoms with Crippen molar-refractivity contribution in [1.29, 1.82) is 0 Å². The van der Waals surface area contributed by atoms with E-state index in [1.165, 1.54) is 23.3 Å². The Balaban J connectivity index is 1.76. The molecule has 0 aliphatic heterocycles. The first kappa shape index (κ1) is 12.6. The summed E-state index contributed by atoms with van der Waals surface area (Å²) in [5.74, 6) is 1.32. The molecule has 0 unspecified atom stereocenters. The van der Waals surface area contributed by atoms with Crippen molar-refractivity contribution in [2.75, 3.05) is 0 Å². The molecule has 1 fully saturated rings. The summed E-state index contributed by atoms with van der Waals surface area (Å²) in [6, 6.07) is 12.0. The maximum absolute atomic E-state index is 9.79. The van der Waals surface area contributed by atoms with Crippen LogP contribution in [0.15, 0.2) is 46.3 Å². The van der Waals surface area contributed by atoms with Gasteiger partial charge in [0.15, 0.2) is 5.82 Å². The smallest absolute Gasteiger partial charge is 0.271 e. The van der Waals surface area contributed by atoms with E-state index in [9.17, 15) is 5.11 Å². The monoisotopic (exact) mass is 298 g/mol. The van der Waals surface area contributed by atoms with E-state index in [4.69, 9.17) is 4.52 Å². The Morgan fingerprint density at radius 1 is 1.14 bits per heavy atom. The summed E-state index contributed by atoms with van der Waals surface area (Å²) < 4.78 is 5.38. The zero-order chi connectivity index (χ0) is 14.3. The van der Waals surface area contributed by atoms with Crippen LogP contribution >= 0.6 is 11.3 Å². The second kappa shape index (κ2) is 4.70. The van der Waals surface area contributed by atoms with Gasteiger partial charge in [-0.3, -0.25) is 0 Å². The third-order valence-corrected chi connectivity index (χ3v) is 5.12. The lowest BCUT2D eigenvalue weighted by Crippen LogP contribution is -2.36. The fourth-order valence-electron chi connectivity index (χ4n) is 2.90. The van der Waals surface area contributed by atoms with Crippen LogP contribution in [0.2, 0.25) is 0 Å². The third-order valence-electron chi connectivity index (χ3n) is 4.23. The van der Waals surface area contributed by atoms with E-state index in [1.807, 2.05) is 23.6 Å². The van der Waals surface area contributed by atoms with Crippen LogP contribution in [0.3, 0.4) is 0 Å². The summed E-state index contributed by atoms with van der Waals surface area (Å²) >= 11 is 1.40. The average molecular weight is 298 g/mol. The molecule has 21 heavy (non-hydrogen) atoms. The Morgan fingerprint density at radius 3 is 2.57 bits per heavy atom. The van der Waals surface area contributed by atoms with Gasteiger partial charge in [0.1, 0.15) is 10.6 Å². The molecule has 106 valence electrons. The largest absolute Gasteiger partial charge is 0.506 e. The van der Waals surface area contributed by atoms with Gasteiger partial charge in [-0.2, -0.15) is 4.98 Å². The molecule has 0 saturated heterocycles. The molecule has 5 heteroatoms. The van der Waals surface area contributed by atoms with Crippen molar-refractivity contribution in [2.24, 2.45) is 0 Å². The van der Waals surface area contributed by atoms with Gasteiger partial charge in [0, 0.05) is 0 Å². The Hall–Kier alpha value is -2.14. The molecule has 1 aliphatic rings. The van der Waals surface area contributed by atoms with E-state index in [-0.39, 0.29) is 11.2 Å². The topological polar surface area (TPSA) is 59.2 Å². The highest BCUT2D eigenvalue weighted by atomic mass is 32.1. The Labute approximate surface area is 126 Å². The number of thiophene rings is 1. The maximum atomic E-state index is 9.79. The van der Waals surface area contributed by atoms with E-state index in [1.54, 1.807) is 6.07 Å². The minimum absolute atomic E-state index is 0.129. The maximum Gasteiger partial charge on any atom is 0.271 e. The van der Waals surface area contributed by atoms with Crippen LogP contribution in [-0.2, 0) is 5.41 Å². The average Bonchev–Trinajstić information content (AvgIpc) is 3.08. The predicted molar refractivity (Wildman–Crippen MR) is 80.3 cm³/mol. The summed E-state index contributed by atoms with van der Waals surface area (Å²) in [6.07, 6.45) is 3.24. The van der Waals surface area contributed by atoms with E-state index in [0.717, 1.165) is 18.7 Å². The van der Waals surface area contributed by atoms with Crippen molar-refractivity contribution in [1.82, 2.24) is 10.1 Å². The first-order valence-corrected chi connectivity index (χ1v) is 7.84. The normalized spacial score (nSPS) is 16.6. The van der Waals surface area contributed by atoms with Crippen LogP contribution in [0.5, 0.6) is 5.75 Å². The molecule has 0 spiro atoms. The lowest BCUT2D eigenvalue weighted by molar-refractivity contribution is 0.273. The minimum Gasteiger partial charge on any atom is -0.506 e. The molecule has 1 N–H and O–H groups in total. The molecule has 1 saturated carbocycles. The van der Waals surface area contributed by atoms with Crippen molar-refractivity contribution < 1.29 is 9.63 Å². The van der Waals surface area contributed by atoms with Crippen LogP contribution in [0, 0.1) is 0 Å². The SMILES string of the molecule is Oc1ccsc1-c1nc(C2(c3ccccc3)CCC2)no1. The summed E-state index contributed by atoms with van der Waals surface area (Å²) in [4.78, 5) is 5.19. The number of hydrogen-bond donors (Lipinski definition) is 1. The summed E-state index contributed by atoms with van der Waals surface area (Å²) in [5.41, 5.74) is 1.11. The van der Waals surface area contributed by atoms with E-state index in [0.29, 0.717) is 10.8 Å². The van der Waals surface area contributed by atoms with Crippen molar-refractivity contribution in [3.05, 3.63) is 53.2 Å². The van der Waals surface area contributed by atoms with E-state index >= 15 is 0 Å². The van der Waals surface area contributed by atoms with Crippen LogP contribution in [0.25, 0.3) is 10.8 Å². The van der Waals surface area contributed by atoms with Crippen molar-refractivity contribution in [3.63, 3.8) is 0 Å². The molecule has 2 aromatic heterocycles. The van der Waals surface area contributed by atoms with Gasteiger partial charge in [0.2, 0.25) is 0 Å². The lowest BCUT2D eigenvalue weighted by Gasteiger charge is -2.39. The highest BCUT2D eigenvalue weighted by Gasteiger charge is 2.44. The quantitative estimate of drug-likeness (QED) is 0.794. The van der Waals surface area contributed by atoms with Gasteiger partial charge in [-0.1, -0.05) is 41.9 Å². The molecule has 0 radical (unpaired) electrons. The molecular formula is C16H14N2O2S. The van der Waals surface area contributed by atoms with E-state index in [2.05, 4.69) is 22.3 Å². The van der Waals surface area contributed by atoms with Crippen LogP contribution in [0.1, 0.15) is 30.7 Å². The number of aromatic nitrogens is 2. The van der Waals surface area contributed by atoms with Crippen LogP contribution in [0.4, 0.5) is 0 Å². The Bertz CT molecular complexity index is 759. The van der Waals surface area contributed by atoms with Crippen molar-refractivity contribution >= 4 is 11.3 Å². The molecular weight excluding hydrogens is 284 g/mol. The molecule has 4 rings (SSSR count). The van der Waals surface area contributed by atoms with E-state index < -0.39 is 0 Å². The molecule has 1 aliphatic carbocycles. The fourth-order valence-corrected chi connectivity index (χ4v) is 3.61. The number of nitrogens with zero attached hydrogens (tertiary/aromatic N) is 2. The van der Waals surface area contributed by atoms with Gasteiger partial charge in [-0.15, -0.1) is 11.3 Å². The number of benzene rings is 1. The molecule has 3 aromatic rings. The first-order valence-electron chi connectivity index (χ1n) is 6.96. The number of rotatable bonds is 3. The van der Waals surface area contributed by atoms with Gasteiger partial charge in [-0.25, -0.2) is 0 Å². The zero-order valence-electron chi connectivity index (χ0n) is 11.3. The minimum atomic E-state index is -0.129. The molecule has 0 amide bonds. The Morgan fingerprint density at radius 2 is 1.95 bits per heavy atom. The zero-order valence-corrected chi connectivity index (χ0v) is 12.1. The van der Waals surface area contributed by atoms with Crippen LogP contribution < -0.4 is 0 Å². The highest BCUT2D eigenvalue weighted by molar-refractivity contribution is 7.13.